The summed E-state index contributed by atoms with van der Waals surface area (Å²) >= 11 is 1.91. The SMILES string of the molecule is CCOc1cccc(-c2noc(C3CSCC3NC)n2)c1. The van der Waals surface area contributed by atoms with Crippen molar-refractivity contribution in [2.75, 3.05) is 25.2 Å². The van der Waals surface area contributed by atoms with Crippen LogP contribution in [0, 0.1) is 0 Å². The first-order chi connectivity index (χ1) is 10.3. The van der Waals surface area contributed by atoms with Crippen LogP contribution in [0.15, 0.2) is 28.8 Å². The number of thioether (sulfide) groups is 1. The summed E-state index contributed by atoms with van der Waals surface area (Å²) in [5.74, 6) is 4.56. The third-order valence-electron chi connectivity index (χ3n) is 3.61. The molecule has 2 aromatic rings. The van der Waals surface area contributed by atoms with Crippen molar-refractivity contribution < 1.29 is 9.26 Å². The average molecular weight is 305 g/mol. The normalized spacial score (nSPS) is 21.6. The Bertz CT molecular complexity index is 602. The van der Waals surface area contributed by atoms with Crippen LogP contribution in [0.4, 0.5) is 0 Å². The van der Waals surface area contributed by atoms with E-state index < -0.39 is 0 Å². The molecule has 2 heterocycles. The minimum atomic E-state index is 0.288. The Morgan fingerprint density at radius 3 is 3.14 bits per heavy atom. The van der Waals surface area contributed by atoms with Crippen LogP contribution in [0.25, 0.3) is 11.4 Å². The molecule has 0 bridgehead atoms. The van der Waals surface area contributed by atoms with E-state index in [1.165, 1.54) is 0 Å². The molecule has 0 spiro atoms. The van der Waals surface area contributed by atoms with Crippen LogP contribution >= 0.6 is 11.8 Å². The molecule has 2 unspecified atom stereocenters. The molecule has 1 aromatic carbocycles. The van der Waals surface area contributed by atoms with Crippen molar-refractivity contribution in [1.29, 1.82) is 0 Å². The molecule has 0 radical (unpaired) electrons. The highest BCUT2D eigenvalue weighted by atomic mass is 32.2. The maximum absolute atomic E-state index is 5.51. The van der Waals surface area contributed by atoms with E-state index >= 15 is 0 Å². The van der Waals surface area contributed by atoms with Crippen LogP contribution in [-0.2, 0) is 0 Å². The Balaban J connectivity index is 1.83. The predicted octanol–water partition coefficient (Wildman–Crippen LogP) is 2.55. The minimum Gasteiger partial charge on any atom is -0.494 e. The maximum Gasteiger partial charge on any atom is 0.232 e. The van der Waals surface area contributed by atoms with Crippen molar-refractivity contribution in [3.05, 3.63) is 30.2 Å². The van der Waals surface area contributed by atoms with E-state index in [0.29, 0.717) is 18.5 Å². The maximum atomic E-state index is 5.51. The fourth-order valence-electron chi connectivity index (χ4n) is 2.48. The van der Waals surface area contributed by atoms with E-state index in [-0.39, 0.29) is 5.92 Å². The van der Waals surface area contributed by atoms with Gasteiger partial charge in [-0.25, -0.2) is 0 Å². The van der Waals surface area contributed by atoms with Gasteiger partial charge in [0.2, 0.25) is 11.7 Å². The topological polar surface area (TPSA) is 60.2 Å². The van der Waals surface area contributed by atoms with E-state index in [1.54, 1.807) is 0 Å². The highest BCUT2D eigenvalue weighted by Crippen LogP contribution is 2.33. The van der Waals surface area contributed by atoms with Crippen LogP contribution in [0.2, 0.25) is 0 Å². The van der Waals surface area contributed by atoms with E-state index in [1.807, 2.05) is 50.0 Å². The summed E-state index contributed by atoms with van der Waals surface area (Å²) in [6.07, 6.45) is 0. The molecular formula is C15H19N3O2S. The van der Waals surface area contributed by atoms with E-state index in [9.17, 15) is 0 Å². The Kier molecular flexibility index (Phi) is 4.45. The smallest absolute Gasteiger partial charge is 0.232 e. The van der Waals surface area contributed by atoms with Gasteiger partial charge in [-0.05, 0) is 26.1 Å². The lowest BCUT2D eigenvalue weighted by Gasteiger charge is -2.13. The van der Waals surface area contributed by atoms with Crippen molar-refractivity contribution in [3.8, 4) is 17.1 Å². The quantitative estimate of drug-likeness (QED) is 0.916. The molecular weight excluding hydrogens is 286 g/mol. The van der Waals surface area contributed by atoms with Gasteiger partial charge >= 0.3 is 0 Å². The molecule has 1 aromatic heterocycles. The van der Waals surface area contributed by atoms with Gasteiger partial charge in [-0.2, -0.15) is 16.7 Å². The van der Waals surface area contributed by atoms with Gasteiger partial charge in [0.25, 0.3) is 0 Å². The standard InChI is InChI=1S/C15H19N3O2S/c1-3-19-11-6-4-5-10(7-11)14-17-15(20-18-14)12-8-21-9-13(12)16-2/h4-7,12-13,16H,3,8-9H2,1-2H3. The lowest BCUT2D eigenvalue weighted by atomic mass is 10.0. The number of rotatable bonds is 5. The van der Waals surface area contributed by atoms with Gasteiger partial charge in [-0.3, -0.25) is 0 Å². The fraction of sp³-hybridized carbons (Fsp3) is 0.467. The summed E-state index contributed by atoms with van der Waals surface area (Å²) in [6, 6.07) is 8.18. The van der Waals surface area contributed by atoms with Gasteiger partial charge in [0.1, 0.15) is 5.75 Å². The average Bonchev–Trinajstić information content (AvgIpc) is 3.16. The second-order valence-corrected chi connectivity index (χ2v) is 6.03. The Morgan fingerprint density at radius 1 is 1.43 bits per heavy atom. The van der Waals surface area contributed by atoms with Gasteiger partial charge in [-0.1, -0.05) is 17.3 Å². The molecule has 3 rings (SSSR count). The second kappa shape index (κ2) is 6.49. The van der Waals surface area contributed by atoms with Gasteiger partial charge in [0.05, 0.1) is 12.5 Å². The monoisotopic (exact) mass is 305 g/mol. The van der Waals surface area contributed by atoms with E-state index in [4.69, 9.17) is 9.26 Å². The van der Waals surface area contributed by atoms with Crippen LogP contribution in [0.1, 0.15) is 18.7 Å². The molecule has 2 atom stereocenters. The van der Waals surface area contributed by atoms with Crippen molar-refractivity contribution in [2.45, 2.75) is 18.9 Å². The van der Waals surface area contributed by atoms with Gasteiger partial charge in [0.15, 0.2) is 0 Å². The zero-order valence-electron chi connectivity index (χ0n) is 12.2. The first kappa shape index (κ1) is 14.4. The number of ether oxygens (including phenoxy) is 1. The van der Waals surface area contributed by atoms with E-state index in [2.05, 4.69) is 15.5 Å². The molecule has 112 valence electrons. The van der Waals surface area contributed by atoms with Crippen LogP contribution in [-0.4, -0.2) is 41.3 Å². The molecule has 6 heteroatoms. The number of benzene rings is 1. The highest BCUT2D eigenvalue weighted by Gasteiger charge is 2.32. The number of nitrogens with one attached hydrogen (secondary N) is 1. The summed E-state index contributed by atoms with van der Waals surface area (Å²) in [4.78, 5) is 4.58. The summed E-state index contributed by atoms with van der Waals surface area (Å²) in [6.45, 7) is 2.61. The van der Waals surface area contributed by atoms with Gasteiger partial charge in [0, 0.05) is 23.1 Å². The molecule has 5 nitrogen and oxygen atoms in total. The summed E-state index contributed by atoms with van der Waals surface area (Å²) < 4.78 is 11.0. The Morgan fingerprint density at radius 2 is 2.33 bits per heavy atom. The molecule has 1 saturated heterocycles. The fourth-order valence-corrected chi connectivity index (χ4v) is 3.89. The zero-order chi connectivity index (χ0) is 14.7. The molecule has 1 aliphatic rings. The highest BCUT2D eigenvalue weighted by molar-refractivity contribution is 7.99. The summed E-state index contributed by atoms with van der Waals surface area (Å²) in [5, 5.41) is 7.44. The van der Waals surface area contributed by atoms with Crippen LogP contribution in [0.3, 0.4) is 0 Å². The predicted molar refractivity (Wildman–Crippen MR) is 83.8 cm³/mol. The summed E-state index contributed by atoms with van der Waals surface area (Å²) in [7, 11) is 1.98. The third kappa shape index (κ3) is 3.06. The van der Waals surface area contributed by atoms with Crippen molar-refractivity contribution in [1.82, 2.24) is 15.5 Å². The number of likely N-dealkylation sites (N-methyl/N-ethyl adjacent to an activating group) is 1. The van der Waals surface area contributed by atoms with Crippen molar-refractivity contribution >= 4 is 11.8 Å². The molecule has 0 amide bonds. The number of aromatic nitrogens is 2. The van der Waals surface area contributed by atoms with Crippen molar-refractivity contribution in [3.63, 3.8) is 0 Å². The summed E-state index contributed by atoms with van der Waals surface area (Å²) in [5.41, 5.74) is 0.919. The number of hydrogen-bond acceptors (Lipinski definition) is 6. The molecule has 21 heavy (non-hydrogen) atoms. The third-order valence-corrected chi connectivity index (χ3v) is 4.80. The number of nitrogens with zero attached hydrogens (tertiary/aromatic N) is 2. The van der Waals surface area contributed by atoms with Crippen LogP contribution in [0.5, 0.6) is 5.75 Å². The van der Waals surface area contributed by atoms with Crippen LogP contribution < -0.4 is 10.1 Å². The van der Waals surface area contributed by atoms with Gasteiger partial charge in [-0.15, -0.1) is 0 Å². The Hall–Kier alpha value is -1.53. The van der Waals surface area contributed by atoms with E-state index in [0.717, 1.165) is 28.7 Å². The molecule has 1 N–H and O–H groups in total. The first-order valence-electron chi connectivity index (χ1n) is 7.13. The van der Waals surface area contributed by atoms with Gasteiger partial charge < -0.3 is 14.6 Å². The minimum absolute atomic E-state index is 0.288. The molecule has 0 saturated carbocycles. The zero-order valence-corrected chi connectivity index (χ0v) is 13.0. The number of hydrogen-bond donors (Lipinski definition) is 1. The molecule has 1 aliphatic heterocycles. The lowest BCUT2D eigenvalue weighted by molar-refractivity contribution is 0.340. The first-order valence-corrected chi connectivity index (χ1v) is 8.29. The molecule has 1 fully saturated rings. The Labute approximate surface area is 128 Å². The van der Waals surface area contributed by atoms with Crippen molar-refractivity contribution in [2.24, 2.45) is 0 Å². The lowest BCUT2D eigenvalue weighted by Crippen LogP contribution is -2.31. The molecule has 0 aliphatic carbocycles. The largest absolute Gasteiger partial charge is 0.494 e. The second-order valence-electron chi connectivity index (χ2n) is 4.96.